The van der Waals surface area contributed by atoms with Crippen LogP contribution in [0.25, 0.3) is 0 Å². The van der Waals surface area contributed by atoms with Crippen molar-refractivity contribution in [1.29, 1.82) is 0 Å². The molecule has 84 valence electrons. The first-order chi connectivity index (χ1) is 6.88. The van der Waals surface area contributed by atoms with Gasteiger partial charge in [0.1, 0.15) is 0 Å². The second-order valence-corrected chi connectivity index (χ2v) is 4.06. The molecule has 1 N–H and O–H groups in total. The lowest BCUT2D eigenvalue weighted by Gasteiger charge is -2.35. The monoisotopic (exact) mass is 200 g/mol. The van der Waals surface area contributed by atoms with Crippen LogP contribution >= 0.6 is 0 Å². The normalized spacial score (nSPS) is 24.0. The zero-order valence-corrected chi connectivity index (χ0v) is 9.59. The van der Waals surface area contributed by atoms with Crippen LogP contribution in [0.3, 0.4) is 0 Å². The van der Waals surface area contributed by atoms with Gasteiger partial charge in [-0.3, -0.25) is 4.90 Å². The van der Waals surface area contributed by atoms with E-state index >= 15 is 0 Å². The van der Waals surface area contributed by atoms with Crippen molar-refractivity contribution in [2.75, 3.05) is 39.9 Å². The second-order valence-electron chi connectivity index (χ2n) is 4.06. The molecular formula is C11H24N2O. The molecule has 0 aromatic rings. The smallest absolute Gasteiger partial charge is 0.0630 e. The first-order valence-corrected chi connectivity index (χ1v) is 5.82. The third-order valence-corrected chi connectivity index (χ3v) is 2.88. The Hall–Kier alpha value is -0.120. The minimum atomic E-state index is 0.589. The van der Waals surface area contributed by atoms with E-state index in [4.69, 9.17) is 4.74 Å². The van der Waals surface area contributed by atoms with E-state index < -0.39 is 0 Å². The van der Waals surface area contributed by atoms with Gasteiger partial charge in [0.05, 0.1) is 6.61 Å². The van der Waals surface area contributed by atoms with Crippen LogP contribution in [0.5, 0.6) is 0 Å². The van der Waals surface area contributed by atoms with Crippen molar-refractivity contribution in [1.82, 2.24) is 10.2 Å². The van der Waals surface area contributed by atoms with E-state index in [1.165, 1.54) is 32.4 Å². The molecule has 1 aliphatic heterocycles. The molecule has 3 nitrogen and oxygen atoms in total. The lowest BCUT2D eigenvalue weighted by molar-refractivity contribution is 0.0725. The SMILES string of the molecule is CCCCCN1CCNCC1COC. The van der Waals surface area contributed by atoms with E-state index in [9.17, 15) is 0 Å². The van der Waals surface area contributed by atoms with Crippen molar-refractivity contribution in [2.45, 2.75) is 32.2 Å². The number of rotatable bonds is 6. The molecule has 0 amide bonds. The summed E-state index contributed by atoms with van der Waals surface area (Å²) in [6, 6.07) is 0.589. The fraction of sp³-hybridized carbons (Fsp3) is 1.00. The molecule has 1 unspecified atom stereocenters. The molecule has 1 fully saturated rings. The number of methoxy groups -OCH3 is 1. The summed E-state index contributed by atoms with van der Waals surface area (Å²) in [6.07, 6.45) is 3.99. The van der Waals surface area contributed by atoms with Crippen LogP contribution in [-0.2, 0) is 4.74 Å². The lowest BCUT2D eigenvalue weighted by atomic mass is 10.1. The maximum atomic E-state index is 5.24. The molecule has 1 atom stereocenters. The number of unbranched alkanes of at least 4 members (excludes halogenated alkanes) is 2. The van der Waals surface area contributed by atoms with Gasteiger partial charge in [0.2, 0.25) is 0 Å². The standard InChI is InChI=1S/C11H24N2O/c1-3-4-5-7-13-8-6-12-9-11(13)10-14-2/h11-12H,3-10H2,1-2H3. The van der Waals surface area contributed by atoms with Crippen LogP contribution in [0.4, 0.5) is 0 Å². The Labute approximate surface area is 87.8 Å². The molecule has 1 aliphatic rings. The molecule has 14 heavy (non-hydrogen) atoms. The molecular weight excluding hydrogens is 176 g/mol. The zero-order chi connectivity index (χ0) is 10.2. The first kappa shape index (κ1) is 12.0. The topological polar surface area (TPSA) is 24.5 Å². The Morgan fingerprint density at radius 2 is 2.29 bits per heavy atom. The van der Waals surface area contributed by atoms with E-state index in [-0.39, 0.29) is 0 Å². The molecule has 0 aromatic heterocycles. The summed E-state index contributed by atoms with van der Waals surface area (Å²) in [5.41, 5.74) is 0. The Morgan fingerprint density at radius 1 is 1.43 bits per heavy atom. The highest BCUT2D eigenvalue weighted by atomic mass is 16.5. The molecule has 1 heterocycles. The Morgan fingerprint density at radius 3 is 3.00 bits per heavy atom. The van der Waals surface area contributed by atoms with Gasteiger partial charge in [-0.2, -0.15) is 0 Å². The molecule has 0 aliphatic carbocycles. The third-order valence-electron chi connectivity index (χ3n) is 2.88. The van der Waals surface area contributed by atoms with Gasteiger partial charge in [0.25, 0.3) is 0 Å². The van der Waals surface area contributed by atoms with Crippen molar-refractivity contribution in [3.8, 4) is 0 Å². The summed E-state index contributed by atoms with van der Waals surface area (Å²) >= 11 is 0. The predicted octanol–water partition coefficient (Wildman–Crippen LogP) is 1.10. The molecule has 3 heteroatoms. The van der Waals surface area contributed by atoms with Crippen LogP contribution < -0.4 is 5.32 Å². The summed E-state index contributed by atoms with van der Waals surface area (Å²) < 4.78 is 5.24. The molecule has 0 saturated carbocycles. The van der Waals surface area contributed by atoms with E-state index in [1.54, 1.807) is 7.11 Å². The number of hydrogen-bond acceptors (Lipinski definition) is 3. The summed E-state index contributed by atoms with van der Waals surface area (Å²) in [7, 11) is 1.79. The summed E-state index contributed by atoms with van der Waals surface area (Å²) in [5.74, 6) is 0. The van der Waals surface area contributed by atoms with Crippen LogP contribution in [-0.4, -0.2) is 50.8 Å². The van der Waals surface area contributed by atoms with Crippen molar-refractivity contribution in [2.24, 2.45) is 0 Å². The highest BCUT2D eigenvalue weighted by molar-refractivity contribution is 4.79. The van der Waals surface area contributed by atoms with E-state index in [1.807, 2.05) is 0 Å². The quantitative estimate of drug-likeness (QED) is 0.650. The summed E-state index contributed by atoms with van der Waals surface area (Å²) in [4.78, 5) is 2.57. The van der Waals surface area contributed by atoms with Crippen LogP contribution in [0.15, 0.2) is 0 Å². The van der Waals surface area contributed by atoms with Crippen molar-refractivity contribution in [3.63, 3.8) is 0 Å². The van der Waals surface area contributed by atoms with Crippen molar-refractivity contribution < 1.29 is 4.74 Å². The maximum absolute atomic E-state index is 5.24. The highest BCUT2D eigenvalue weighted by Gasteiger charge is 2.20. The van der Waals surface area contributed by atoms with Gasteiger partial charge >= 0.3 is 0 Å². The summed E-state index contributed by atoms with van der Waals surface area (Å²) in [5, 5.41) is 3.42. The fourth-order valence-electron chi connectivity index (χ4n) is 2.02. The number of piperazine rings is 1. The van der Waals surface area contributed by atoms with Crippen LogP contribution in [0.1, 0.15) is 26.2 Å². The Balaban J connectivity index is 2.22. The molecule has 1 saturated heterocycles. The van der Waals surface area contributed by atoms with Gasteiger partial charge in [0.15, 0.2) is 0 Å². The predicted molar refractivity (Wildman–Crippen MR) is 59.6 cm³/mol. The van der Waals surface area contributed by atoms with Gasteiger partial charge in [-0.25, -0.2) is 0 Å². The minimum absolute atomic E-state index is 0.589. The van der Waals surface area contributed by atoms with Gasteiger partial charge in [-0.1, -0.05) is 19.8 Å². The fourth-order valence-corrected chi connectivity index (χ4v) is 2.02. The Kier molecular flexibility index (Phi) is 6.15. The van der Waals surface area contributed by atoms with E-state index in [0.717, 1.165) is 19.7 Å². The molecule has 0 aromatic carbocycles. The van der Waals surface area contributed by atoms with Gasteiger partial charge in [-0.15, -0.1) is 0 Å². The highest BCUT2D eigenvalue weighted by Crippen LogP contribution is 2.06. The van der Waals surface area contributed by atoms with E-state index in [2.05, 4.69) is 17.1 Å². The number of nitrogens with zero attached hydrogens (tertiary/aromatic N) is 1. The van der Waals surface area contributed by atoms with Crippen LogP contribution in [0, 0.1) is 0 Å². The minimum Gasteiger partial charge on any atom is -0.383 e. The molecule has 0 bridgehead atoms. The van der Waals surface area contributed by atoms with E-state index in [0.29, 0.717) is 6.04 Å². The molecule has 0 spiro atoms. The molecule has 0 radical (unpaired) electrons. The maximum Gasteiger partial charge on any atom is 0.0630 e. The number of nitrogens with one attached hydrogen (secondary N) is 1. The first-order valence-electron chi connectivity index (χ1n) is 5.82. The van der Waals surface area contributed by atoms with Gasteiger partial charge < -0.3 is 10.1 Å². The Bertz CT molecular complexity index is 139. The van der Waals surface area contributed by atoms with Crippen molar-refractivity contribution >= 4 is 0 Å². The average Bonchev–Trinajstić information content (AvgIpc) is 2.21. The summed E-state index contributed by atoms with van der Waals surface area (Å²) in [6.45, 7) is 7.75. The van der Waals surface area contributed by atoms with Crippen molar-refractivity contribution in [3.05, 3.63) is 0 Å². The zero-order valence-electron chi connectivity index (χ0n) is 9.59. The van der Waals surface area contributed by atoms with Gasteiger partial charge in [-0.05, 0) is 13.0 Å². The van der Waals surface area contributed by atoms with Gasteiger partial charge in [0, 0.05) is 32.8 Å². The van der Waals surface area contributed by atoms with Crippen LogP contribution in [0.2, 0.25) is 0 Å². The average molecular weight is 200 g/mol. The third kappa shape index (κ3) is 3.95. The number of ether oxygens (including phenoxy) is 1. The number of hydrogen-bond donors (Lipinski definition) is 1. The largest absolute Gasteiger partial charge is 0.383 e. The lowest BCUT2D eigenvalue weighted by Crippen LogP contribution is -2.53. The second kappa shape index (κ2) is 7.21. The molecule has 1 rings (SSSR count).